The van der Waals surface area contributed by atoms with Gasteiger partial charge < -0.3 is 9.47 Å². The zero-order valence-corrected chi connectivity index (χ0v) is 20.0. The van der Waals surface area contributed by atoms with Crippen LogP contribution >= 0.6 is 22.9 Å². The lowest BCUT2D eigenvalue weighted by Gasteiger charge is -2.39. The van der Waals surface area contributed by atoms with Crippen LogP contribution in [0, 0.1) is 0 Å². The third-order valence-electron chi connectivity index (χ3n) is 6.05. The molecule has 2 bridgehead atoms. The summed E-state index contributed by atoms with van der Waals surface area (Å²) in [5.74, 6) is 1.47. The summed E-state index contributed by atoms with van der Waals surface area (Å²) in [4.78, 5) is 6.87. The van der Waals surface area contributed by atoms with E-state index in [0.717, 1.165) is 35.4 Å². The molecular weight excluding hydrogens is 470 g/mol. The average Bonchev–Trinajstić information content (AvgIpc) is 3.23. The molecule has 0 radical (unpaired) electrons. The molecule has 0 N–H and O–H groups in total. The molecule has 0 saturated carbocycles. The van der Waals surface area contributed by atoms with E-state index in [1.165, 1.54) is 17.6 Å². The molecule has 5 rings (SSSR count). The molecule has 10 heteroatoms. The molecule has 2 aromatic carbocycles. The van der Waals surface area contributed by atoms with Gasteiger partial charge in [0.1, 0.15) is 18.1 Å². The third kappa shape index (κ3) is 4.72. The first kappa shape index (κ1) is 21.9. The fraction of sp³-hybridized carbons (Fsp3) is 0.409. The van der Waals surface area contributed by atoms with E-state index in [4.69, 9.17) is 21.1 Å². The number of nitrogens with zero attached hydrogens (tertiary/aromatic N) is 3. The highest BCUT2D eigenvalue weighted by atomic mass is 35.5. The Hall–Kier alpha value is -1.91. The second-order valence-electron chi connectivity index (χ2n) is 8.22. The van der Waals surface area contributed by atoms with Crippen molar-refractivity contribution in [2.24, 2.45) is 0 Å². The fourth-order valence-electron chi connectivity index (χ4n) is 4.48. The first-order chi connectivity index (χ1) is 15.3. The smallest absolute Gasteiger partial charge is 0.279 e. The van der Waals surface area contributed by atoms with Crippen molar-refractivity contribution in [1.29, 1.82) is 0 Å². The van der Waals surface area contributed by atoms with Crippen molar-refractivity contribution in [3.05, 3.63) is 47.5 Å². The van der Waals surface area contributed by atoms with E-state index in [9.17, 15) is 8.42 Å². The number of fused-ring (bicyclic) bond motifs is 3. The van der Waals surface area contributed by atoms with Gasteiger partial charge in [-0.2, -0.15) is 4.31 Å². The molecule has 0 spiro atoms. The number of benzene rings is 2. The molecule has 170 valence electrons. The molecule has 0 aliphatic carbocycles. The molecule has 3 aromatic rings. The van der Waals surface area contributed by atoms with E-state index in [0.29, 0.717) is 35.7 Å². The number of aromatic nitrogens is 1. The Balaban J connectivity index is 1.14. The van der Waals surface area contributed by atoms with Crippen LogP contribution in [-0.4, -0.2) is 67.2 Å². The number of ether oxygens (including phenoxy) is 2. The van der Waals surface area contributed by atoms with Crippen molar-refractivity contribution >= 4 is 43.2 Å². The molecule has 32 heavy (non-hydrogen) atoms. The van der Waals surface area contributed by atoms with Crippen LogP contribution in [0.15, 0.2) is 42.5 Å². The van der Waals surface area contributed by atoms with Crippen LogP contribution in [0.25, 0.3) is 10.2 Å². The monoisotopic (exact) mass is 493 g/mol. The molecule has 1 aromatic heterocycles. The molecule has 2 fully saturated rings. The molecule has 0 amide bonds. The maximum absolute atomic E-state index is 11.9. The van der Waals surface area contributed by atoms with Gasteiger partial charge in [0.25, 0.3) is 5.19 Å². The Morgan fingerprint density at radius 2 is 1.78 bits per heavy atom. The first-order valence-corrected chi connectivity index (χ1v) is 13.6. The summed E-state index contributed by atoms with van der Waals surface area (Å²) in [6.45, 7) is 2.52. The minimum absolute atomic E-state index is 0.284. The summed E-state index contributed by atoms with van der Waals surface area (Å²) in [7, 11) is -3.12. The molecule has 2 unspecified atom stereocenters. The summed E-state index contributed by atoms with van der Waals surface area (Å²) in [6, 6.07) is 13.6. The van der Waals surface area contributed by atoms with Gasteiger partial charge in [-0.25, -0.2) is 13.4 Å². The van der Waals surface area contributed by atoms with Gasteiger partial charge in [-0.1, -0.05) is 22.9 Å². The van der Waals surface area contributed by atoms with E-state index in [2.05, 4.69) is 9.88 Å². The van der Waals surface area contributed by atoms with Crippen molar-refractivity contribution in [1.82, 2.24) is 14.2 Å². The van der Waals surface area contributed by atoms with Gasteiger partial charge in [-0.15, -0.1) is 0 Å². The fourth-order valence-corrected chi connectivity index (χ4v) is 6.48. The highest BCUT2D eigenvalue weighted by Crippen LogP contribution is 2.34. The summed E-state index contributed by atoms with van der Waals surface area (Å²) < 4.78 is 38.2. The predicted octanol–water partition coefficient (Wildman–Crippen LogP) is 4.23. The molecule has 2 aliphatic rings. The second-order valence-corrected chi connectivity index (χ2v) is 11.6. The number of thiazole rings is 1. The quantitative estimate of drug-likeness (QED) is 0.490. The van der Waals surface area contributed by atoms with Crippen LogP contribution in [0.2, 0.25) is 5.02 Å². The highest BCUT2D eigenvalue weighted by molar-refractivity contribution is 7.88. The lowest BCUT2D eigenvalue weighted by atomic mass is 10.2. The number of sulfonamides is 1. The average molecular weight is 494 g/mol. The van der Waals surface area contributed by atoms with Gasteiger partial charge in [0, 0.05) is 36.7 Å². The topological polar surface area (TPSA) is 72.0 Å². The summed E-state index contributed by atoms with van der Waals surface area (Å²) in [5.41, 5.74) is 0.862. The first-order valence-electron chi connectivity index (χ1n) is 10.5. The number of hydrogen-bond donors (Lipinski definition) is 0. The van der Waals surface area contributed by atoms with Crippen LogP contribution in [0.1, 0.15) is 12.8 Å². The molecule has 2 atom stereocenters. The highest BCUT2D eigenvalue weighted by Gasteiger charge is 2.42. The number of halogens is 1. The Bertz CT molecular complexity index is 1200. The minimum atomic E-state index is -3.12. The summed E-state index contributed by atoms with van der Waals surface area (Å²) >= 11 is 7.49. The lowest BCUT2D eigenvalue weighted by Crippen LogP contribution is -2.55. The van der Waals surface area contributed by atoms with Gasteiger partial charge in [0.15, 0.2) is 0 Å². The second kappa shape index (κ2) is 8.79. The Labute approximate surface area is 196 Å². The van der Waals surface area contributed by atoms with Crippen LogP contribution < -0.4 is 9.47 Å². The van der Waals surface area contributed by atoms with Crippen LogP contribution in [0.5, 0.6) is 16.7 Å². The molecule has 3 heterocycles. The van der Waals surface area contributed by atoms with E-state index >= 15 is 0 Å². The number of hydrogen-bond acceptors (Lipinski definition) is 7. The maximum atomic E-state index is 11.9. The zero-order chi connectivity index (χ0) is 22.3. The Kier molecular flexibility index (Phi) is 6.02. The van der Waals surface area contributed by atoms with E-state index in [1.54, 1.807) is 4.31 Å². The number of rotatable bonds is 7. The van der Waals surface area contributed by atoms with Crippen molar-refractivity contribution in [3.8, 4) is 16.7 Å². The number of piperazine rings is 1. The van der Waals surface area contributed by atoms with E-state index in [1.807, 2.05) is 42.5 Å². The van der Waals surface area contributed by atoms with Crippen LogP contribution in [0.3, 0.4) is 0 Å². The predicted molar refractivity (Wildman–Crippen MR) is 127 cm³/mol. The maximum Gasteiger partial charge on any atom is 0.279 e. The standard InChI is InChI=1S/C22H24ClN3O4S2/c1-32(27,28)25-13-16-3-4-17(14-25)26(16)10-11-29-18-5-7-19(8-6-18)30-22-24-20-9-2-15(23)12-21(20)31-22/h2,5-9,12,16-17H,3-4,10-11,13-14H2,1H3. The van der Waals surface area contributed by atoms with Crippen molar-refractivity contribution in [2.75, 3.05) is 32.5 Å². The van der Waals surface area contributed by atoms with Crippen molar-refractivity contribution in [2.45, 2.75) is 24.9 Å². The third-order valence-corrected chi connectivity index (χ3v) is 8.41. The van der Waals surface area contributed by atoms with E-state index < -0.39 is 10.0 Å². The van der Waals surface area contributed by atoms with Crippen molar-refractivity contribution < 1.29 is 17.9 Å². The van der Waals surface area contributed by atoms with E-state index in [-0.39, 0.29) is 12.1 Å². The van der Waals surface area contributed by atoms with Gasteiger partial charge in [0.2, 0.25) is 10.0 Å². The van der Waals surface area contributed by atoms with Crippen LogP contribution in [0.4, 0.5) is 0 Å². The molecule has 2 saturated heterocycles. The molecular formula is C22H24ClN3O4S2. The van der Waals surface area contributed by atoms with Gasteiger partial charge >= 0.3 is 0 Å². The Morgan fingerprint density at radius 3 is 2.47 bits per heavy atom. The normalized spacial score (nSPS) is 21.8. The van der Waals surface area contributed by atoms with Gasteiger partial charge in [0.05, 0.1) is 16.5 Å². The van der Waals surface area contributed by atoms with Gasteiger partial charge in [-0.05, 0) is 55.3 Å². The molecule has 2 aliphatic heterocycles. The summed E-state index contributed by atoms with van der Waals surface area (Å²) in [5, 5.41) is 1.25. The van der Waals surface area contributed by atoms with Gasteiger partial charge in [-0.3, -0.25) is 4.90 Å². The Morgan fingerprint density at radius 1 is 1.09 bits per heavy atom. The SMILES string of the molecule is CS(=O)(=O)N1CC2CCC(C1)N2CCOc1ccc(Oc2nc3ccc(Cl)cc3s2)cc1. The minimum Gasteiger partial charge on any atom is -0.492 e. The largest absolute Gasteiger partial charge is 0.492 e. The lowest BCUT2D eigenvalue weighted by molar-refractivity contribution is 0.0930. The van der Waals surface area contributed by atoms with Crippen molar-refractivity contribution in [3.63, 3.8) is 0 Å². The molecule has 7 nitrogen and oxygen atoms in total. The van der Waals surface area contributed by atoms with Crippen LogP contribution in [-0.2, 0) is 10.0 Å². The zero-order valence-electron chi connectivity index (χ0n) is 17.6. The summed E-state index contributed by atoms with van der Waals surface area (Å²) in [6.07, 6.45) is 3.38.